The van der Waals surface area contributed by atoms with Crippen LogP contribution in [-0.4, -0.2) is 5.91 Å². The van der Waals surface area contributed by atoms with Crippen LogP contribution >= 0.6 is 47.8 Å². The number of hydrogen-bond donors (Lipinski definition) is 1. The molecular formula is C16H12Br3NO. The van der Waals surface area contributed by atoms with Crippen molar-refractivity contribution in [3.05, 3.63) is 62.0 Å². The Bertz CT molecular complexity index is 715. The molecule has 1 amide bonds. The summed E-state index contributed by atoms with van der Waals surface area (Å²) in [7, 11) is 0. The zero-order valence-electron chi connectivity index (χ0n) is 11.0. The van der Waals surface area contributed by atoms with E-state index in [1.807, 2.05) is 18.2 Å². The third-order valence-electron chi connectivity index (χ3n) is 3.55. The minimum atomic E-state index is 0.0984. The van der Waals surface area contributed by atoms with Crippen LogP contribution in [0.15, 0.2) is 45.3 Å². The number of halogens is 3. The predicted molar refractivity (Wildman–Crippen MR) is 96.0 cm³/mol. The number of aryl methyl sites for hydroxylation is 1. The highest BCUT2D eigenvalue weighted by molar-refractivity contribution is 9.11. The maximum Gasteiger partial charge on any atom is 0.224 e. The van der Waals surface area contributed by atoms with Gasteiger partial charge in [0.05, 0.1) is 4.83 Å². The number of benzene rings is 2. The van der Waals surface area contributed by atoms with Crippen LogP contribution in [0, 0.1) is 0 Å². The number of amides is 1. The zero-order chi connectivity index (χ0) is 15.0. The Hall–Kier alpha value is -0.650. The molecule has 0 spiro atoms. The Kier molecular flexibility index (Phi) is 4.52. The van der Waals surface area contributed by atoms with E-state index in [0.717, 1.165) is 21.1 Å². The quantitative estimate of drug-likeness (QED) is 0.567. The fourth-order valence-electron chi connectivity index (χ4n) is 2.45. The molecule has 0 fully saturated rings. The fraction of sp³-hybridized carbons (Fsp3) is 0.188. The minimum absolute atomic E-state index is 0.0984. The van der Waals surface area contributed by atoms with Crippen molar-refractivity contribution in [2.45, 2.75) is 17.7 Å². The van der Waals surface area contributed by atoms with E-state index < -0.39 is 0 Å². The maximum atomic E-state index is 11.4. The molecule has 0 saturated heterocycles. The standard InChI is InChI=1S/C16H12Br3NO/c17-11-3-4-12(13(18)8-11)16(19)10-1-5-14-9(7-10)2-6-15(21)20-14/h1,3-5,7-8,16H,2,6H2,(H,20,21). The molecule has 0 saturated carbocycles. The molecule has 21 heavy (non-hydrogen) atoms. The van der Waals surface area contributed by atoms with Gasteiger partial charge in [-0.05, 0) is 41.3 Å². The predicted octanol–water partition coefficient (Wildman–Crippen LogP) is 5.58. The van der Waals surface area contributed by atoms with Gasteiger partial charge in [0.15, 0.2) is 0 Å². The molecule has 2 aromatic carbocycles. The lowest BCUT2D eigenvalue weighted by atomic mass is 9.97. The van der Waals surface area contributed by atoms with Crippen molar-refractivity contribution in [1.29, 1.82) is 0 Å². The largest absolute Gasteiger partial charge is 0.326 e. The Morgan fingerprint density at radius 1 is 1.05 bits per heavy atom. The van der Waals surface area contributed by atoms with Gasteiger partial charge < -0.3 is 5.32 Å². The molecule has 0 bridgehead atoms. The number of fused-ring (bicyclic) bond motifs is 1. The Morgan fingerprint density at radius 3 is 2.62 bits per heavy atom. The number of carbonyl (C=O) groups is 1. The molecule has 1 aliphatic rings. The molecule has 5 heteroatoms. The summed E-state index contributed by atoms with van der Waals surface area (Å²) in [4.78, 5) is 11.5. The topological polar surface area (TPSA) is 29.1 Å². The molecule has 1 atom stereocenters. The van der Waals surface area contributed by atoms with Gasteiger partial charge in [-0.1, -0.05) is 66.0 Å². The van der Waals surface area contributed by atoms with Crippen LogP contribution in [0.2, 0.25) is 0 Å². The smallest absolute Gasteiger partial charge is 0.224 e. The molecule has 0 radical (unpaired) electrons. The number of nitrogens with one attached hydrogen (secondary N) is 1. The molecule has 2 nitrogen and oxygen atoms in total. The first kappa shape index (κ1) is 15.3. The van der Waals surface area contributed by atoms with E-state index in [-0.39, 0.29) is 10.7 Å². The molecule has 2 aromatic rings. The molecule has 0 aromatic heterocycles. The number of alkyl halides is 1. The van der Waals surface area contributed by atoms with Gasteiger partial charge >= 0.3 is 0 Å². The average Bonchev–Trinajstić information content (AvgIpc) is 2.46. The van der Waals surface area contributed by atoms with Crippen LogP contribution in [0.5, 0.6) is 0 Å². The van der Waals surface area contributed by atoms with E-state index in [0.29, 0.717) is 6.42 Å². The van der Waals surface area contributed by atoms with E-state index in [4.69, 9.17) is 0 Å². The monoisotopic (exact) mass is 471 g/mol. The summed E-state index contributed by atoms with van der Waals surface area (Å²) in [6.45, 7) is 0. The number of hydrogen-bond acceptors (Lipinski definition) is 1. The summed E-state index contributed by atoms with van der Waals surface area (Å²) >= 11 is 10.9. The first-order valence-corrected chi connectivity index (χ1v) is 9.06. The van der Waals surface area contributed by atoms with Gasteiger partial charge in [0, 0.05) is 21.1 Å². The highest BCUT2D eigenvalue weighted by Gasteiger charge is 2.18. The summed E-state index contributed by atoms with van der Waals surface area (Å²) in [5.74, 6) is 0.0984. The van der Waals surface area contributed by atoms with Crippen LogP contribution in [0.25, 0.3) is 0 Å². The van der Waals surface area contributed by atoms with Crippen molar-refractivity contribution >= 4 is 59.4 Å². The van der Waals surface area contributed by atoms with Crippen molar-refractivity contribution in [2.24, 2.45) is 0 Å². The van der Waals surface area contributed by atoms with Crippen molar-refractivity contribution in [3.8, 4) is 0 Å². The third-order valence-corrected chi connectivity index (χ3v) is 5.75. The van der Waals surface area contributed by atoms with Gasteiger partial charge in [-0.25, -0.2) is 0 Å². The van der Waals surface area contributed by atoms with Crippen LogP contribution < -0.4 is 5.32 Å². The summed E-state index contributed by atoms with van der Waals surface area (Å²) in [5, 5.41) is 2.91. The highest BCUT2D eigenvalue weighted by Crippen LogP contribution is 2.38. The van der Waals surface area contributed by atoms with Gasteiger partial charge in [-0.2, -0.15) is 0 Å². The van der Waals surface area contributed by atoms with Crippen LogP contribution in [0.3, 0.4) is 0 Å². The summed E-state index contributed by atoms with van der Waals surface area (Å²) < 4.78 is 2.11. The van der Waals surface area contributed by atoms with Crippen molar-refractivity contribution in [1.82, 2.24) is 0 Å². The summed E-state index contributed by atoms with van der Waals surface area (Å²) in [6.07, 6.45) is 1.36. The van der Waals surface area contributed by atoms with Crippen molar-refractivity contribution in [2.75, 3.05) is 5.32 Å². The highest BCUT2D eigenvalue weighted by atomic mass is 79.9. The minimum Gasteiger partial charge on any atom is -0.326 e. The van der Waals surface area contributed by atoms with Crippen LogP contribution in [-0.2, 0) is 11.2 Å². The van der Waals surface area contributed by atoms with Crippen LogP contribution in [0.1, 0.15) is 27.9 Å². The maximum absolute atomic E-state index is 11.4. The molecule has 1 heterocycles. The van der Waals surface area contributed by atoms with E-state index in [1.165, 1.54) is 16.7 Å². The second-order valence-electron chi connectivity index (χ2n) is 4.99. The normalized spacial score (nSPS) is 15.3. The number of anilines is 1. The number of rotatable bonds is 2. The van der Waals surface area contributed by atoms with Crippen molar-refractivity contribution in [3.63, 3.8) is 0 Å². The lowest BCUT2D eigenvalue weighted by Crippen LogP contribution is -2.19. The average molecular weight is 474 g/mol. The Labute approximate surface area is 148 Å². The zero-order valence-corrected chi connectivity index (χ0v) is 15.8. The molecule has 108 valence electrons. The molecule has 1 unspecified atom stereocenters. The fourth-order valence-corrected chi connectivity index (χ4v) is 4.71. The Balaban J connectivity index is 1.95. The lowest BCUT2D eigenvalue weighted by Gasteiger charge is -2.20. The van der Waals surface area contributed by atoms with E-state index in [9.17, 15) is 4.79 Å². The second kappa shape index (κ2) is 6.23. The Morgan fingerprint density at radius 2 is 1.86 bits per heavy atom. The van der Waals surface area contributed by atoms with Gasteiger partial charge in [-0.3, -0.25) is 4.79 Å². The number of carbonyl (C=O) groups excluding carboxylic acids is 1. The first-order chi connectivity index (χ1) is 10.0. The second-order valence-corrected chi connectivity index (χ2v) is 7.68. The molecular weight excluding hydrogens is 462 g/mol. The molecule has 1 N–H and O–H groups in total. The summed E-state index contributed by atoms with van der Waals surface area (Å²) in [5.41, 5.74) is 4.50. The summed E-state index contributed by atoms with van der Waals surface area (Å²) in [6, 6.07) is 12.4. The third kappa shape index (κ3) is 3.25. The van der Waals surface area contributed by atoms with Gasteiger partial charge in [0.1, 0.15) is 0 Å². The van der Waals surface area contributed by atoms with E-state index >= 15 is 0 Å². The van der Waals surface area contributed by atoms with Gasteiger partial charge in [-0.15, -0.1) is 0 Å². The van der Waals surface area contributed by atoms with Gasteiger partial charge in [0.2, 0.25) is 5.91 Å². The lowest BCUT2D eigenvalue weighted by molar-refractivity contribution is -0.116. The van der Waals surface area contributed by atoms with E-state index in [2.05, 4.69) is 71.3 Å². The molecule has 3 rings (SSSR count). The SMILES string of the molecule is O=C1CCc2cc(C(Br)c3ccc(Br)cc3Br)ccc2N1. The first-order valence-electron chi connectivity index (χ1n) is 6.56. The molecule has 0 aliphatic carbocycles. The van der Waals surface area contributed by atoms with Gasteiger partial charge in [0.25, 0.3) is 0 Å². The van der Waals surface area contributed by atoms with E-state index in [1.54, 1.807) is 0 Å². The molecule has 1 aliphatic heterocycles. The van der Waals surface area contributed by atoms with Crippen LogP contribution in [0.4, 0.5) is 5.69 Å². The van der Waals surface area contributed by atoms with Crippen molar-refractivity contribution < 1.29 is 4.79 Å².